The van der Waals surface area contributed by atoms with E-state index in [1.165, 1.54) is 25.7 Å². The molecule has 0 radical (unpaired) electrons. The fourth-order valence-corrected chi connectivity index (χ4v) is 2.05. The third kappa shape index (κ3) is 3.65. The molecule has 2 heteroatoms. The van der Waals surface area contributed by atoms with Crippen LogP contribution in [0.1, 0.15) is 39.5 Å². The normalized spacial score (nSPS) is 29.1. The van der Waals surface area contributed by atoms with Gasteiger partial charge in [-0.15, -0.1) is 0 Å². The zero-order valence-corrected chi connectivity index (χ0v) is 9.01. The number of hydrogen-bond donors (Lipinski definition) is 1. The van der Waals surface area contributed by atoms with E-state index in [-0.39, 0.29) is 0 Å². The predicted octanol–water partition coefficient (Wildman–Crippen LogP) is 2.19. The highest BCUT2D eigenvalue weighted by Gasteiger charge is 2.23. The Labute approximate surface area is 82.0 Å². The molecule has 0 aromatic heterocycles. The second kappa shape index (κ2) is 6.39. The molecule has 2 atom stereocenters. The largest absolute Gasteiger partial charge is 0.381 e. The van der Waals surface area contributed by atoms with Crippen LogP contribution in [0.5, 0.6) is 0 Å². The fraction of sp³-hybridized carbons (Fsp3) is 1.00. The van der Waals surface area contributed by atoms with Gasteiger partial charge in [-0.2, -0.15) is 0 Å². The number of ether oxygens (including phenoxy) is 1. The first-order valence-corrected chi connectivity index (χ1v) is 5.69. The summed E-state index contributed by atoms with van der Waals surface area (Å²) in [5, 5.41) is 3.63. The van der Waals surface area contributed by atoms with Crippen molar-refractivity contribution in [1.82, 2.24) is 5.32 Å². The first-order valence-electron chi connectivity index (χ1n) is 5.69. The van der Waals surface area contributed by atoms with Crippen LogP contribution in [0.2, 0.25) is 0 Å². The maximum Gasteiger partial charge on any atom is 0.0509 e. The van der Waals surface area contributed by atoms with Gasteiger partial charge in [0.2, 0.25) is 0 Å². The van der Waals surface area contributed by atoms with Crippen molar-refractivity contribution in [3.05, 3.63) is 0 Å². The Kier molecular flexibility index (Phi) is 5.40. The van der Waals surface area contributed by atoms with Gasteiger partial charge >= 0.3 is 0 Å². The Morgan fingerprint density at radius 2 is 2.15 bits per heavy atom. The summed E-state index contributed by atoms with van der Waals surface area (Å²) in [7, 11) is 0. The van der Waals surface area contributed by atoms with E-state index < -0.39 is 0 Å². The highest BCUT2D eigenvalue weighted by molar-refractivity contribution is 4.79. The maximum atomic E-state index is 5.50. The highest BCUT2D eigenvalue weighted by atomic mass is 16.5. The molecule has 1 saturated heterocycles. The van der Waals surface area contributed by atoms with Gasteiger partial charge in [-0.3, -0.25) is 0 Å². The van der Waals surface area contributed by atoms with Crippen LogP contribution in [-0.4, -0.2) is 25.8 Å². The molecular weight excluding hydrogens is 162 g/mol. The molecule has 0 spiro atoms. The summed E-state index contributed by atoms with van der Waals surface area (Å²) in [4.78, 5) is 0. The third-order valence-electron chi connectivity index (χ3n) is 2.79. The topological polar surface area (TPSA) is 21.3 Å². The molecule has 1 fully saturated rings. The lowest BCUT2D eigenvalue weighted by molar-refractivity contribution is 0.0286. The molecule has 0 saturated carbocycles. The summed E-state index contributed by atoms with van der Waals surface area (Å²) in [5.74, 6) is 0.755. The Hall–Kier alpha value is -0.0800. The lowest BCUT2D eigenvalue weighted by atomic mass is 9.91. The van der Waals surface area contributed by atoms with Crippen molar-refractivity contribution in [1.29, 1.82) is 0 Å². The van der Waals surface area contributed by atoms with Crippen molar-refractivity contribution >= 4 is 0 Å². The number of hydrogen-bond acceptors (Lipinski definition) is 2. The van der Waals surface area contributed by atoms with Gasteiger partial charge in [0, 0.05) is 12.6 Å². The summed E-state index contributed by atoms with van der Waals surface area (Å²) < 4.78 is 5.50. The van der Waals surface area contributed by atoms with Gasteiger partial charge < -0.3 is 10.1 Å². The molecule has 0 amide bonds. The lowest BCUT2D eigenvalue weighted by Gasteiger charge is -2.32. The monoisotopic (exact) mass is 185 g/mol. The van der Waals surface area contributed by atoms with Crippen LogP contribution in [0.4, 0.5) is 0 Å². The first-order chi connectivity index (χ1) is 6.38. The van der Waals surface area contributed by atoms with Gasteiger partial charge in [0.15, 0.2) is 0 Å². The standard InChI is InChI=1S/C11H23NO/c1-3-5-10-9-13-8-6-11(10)12-7-4-2/h10-12H,3-9H2,1-2H3. The van der Waals surface area contributed by atoms with Crippen molar-refractivity contribution in [3.63, 3.8) is 0 Å². The van der Waals surface area contributed by atoms with Crippen LogP contribution in [0.3, 0.4) is 0 Å². The molecule has 2 nitrogen and oxygen atoms in total. The molecule has 1 N–H and O–H groups in total. The molecule has 2 unspecified atom stereocenters. The van der Waals surface area contributed by atoms with Gasteiger partial charge in [-0.25, -0.2) is 0 Å². The van der Waals surface area contributed by atoms with E-state index in [2.05, 4.69) is 19.2 Å². The SMILES string of the molecule is CCCNC1CCOCC1CCC. The van der Waals surface area contributed by atoms with Crippen molar-refractivity contribution in [2.75, 3.05) is 19.8 Å². The molecule has 1 aliphatic heterocycles. The Bertz CT molecular complexity index is 125. The molecule has 78 valence electrons. The van der Waals surface area contributed by atoms with Gasteiger partial charge in [-0.05, 0) is 31.7 Å². The van der Waals surface area contributed by atoms with E-state index in [1.54, 1.807) is 0 Å². The molecule has 1 aliphatic rings. The molecule has 13 heavy (non-hydrogen) atoms. The second-order valence-electron chi connectivity index (χ2n) is 3.97. The van der Waals surface area contributed by atoms with Crippen LogP contribution < -0.4 is 5.32 Å². The molecule has 0 aromatic carbocycles. The summed E-state index contributed by atoms with van der Waals surface area (Å²) in [6.45, 7) is 7.55. The van der Waals surface area contributed by atoms with E-state index >= 15 is 0 Å². The summed E-state index contributed by atoms with van der Waals surface area (Å²) in [5.41, 5.74) is 0. The third-order valence-corrected chi connectivity index (χ3v) is 2.79. The molecule has 0 aromatic rings. The molecule has 1 heterocycles. The quantitative estimate of drug-likeness (QED) is 0.709. The Morgan fingerprint density at radius 3 is 2.85 bits per heavy atom. The van der Waals surface area contributed by atoms with Crippen LogP contribution in [0.25, 0.3) is 0 Å². The zero-order chi connectivity index (χ0) is 9.52. The van der Waals surface area contributed by atoms with Gasteiger partial charge in [0.25, 0.3) is 0 Å². The van der Waals surface area contributed by atoms with Crippen molar-refractivity contribution in [3.8, 4) is 0 Å². The average molecular weight is 185 g/mol. The predicted molar refractivity (Wildman–Crippen MR) is 55.9 cm³/mol. The molecular formula is C11H23NO. The lowest BCUT2D eigenvalue weighted by Crippen LogP contribution is -2.42. The summed E-state index contributed by atoms with van der Waals surface area (Å²) in [6.07, 6.45) is 5.01. The summed E-state index contributed by atoms with van der Waals surface area (Å²) >= 11 is 0. The minimum absolute atomic E-state index is 0.716. The second-order valence-corrected chi connectivity index (χ2v) is 3.97. The molecule has 1 rings (SSSR count). The van der Waals surface area contributed by atoms with Gasteiger partial charge in [0.1, 0.15) is 0 Å². The zero-order valence-electron chi connectivity index (χ0n) is 9.01. The van der Waals surface area contributed by atoms with E-state index in [1.807, 2.05) is 0 Å². The summed E-state index contributed by atoms with van der Waals surface area (Å²) in [6, 6.07) is 0.716. The van der Waals surface area contributed by atoms with Gasteiger partial charge in [0.05, 0.1) is 6.61 Å². The maximum absolute atomic E-state index is 5.50. The number of rotatable bonds is 5. The van der Waals surface area contributed by atoms with Gasteiger partial charge in [-0.1, -0.05) is 20.3 Å². The molecule has 0 bridgehead atoms. The van der Waals surface area contributed by atoms with Crippen LogP contribution in [0.15, 0.2) is 0 Å². The van der Waals surface area contributed by atoms with Crippen molar-refractivity contribution < 1.29 is 4.74 Å². The van der Waals surface area contributed by atoms with Crippen LogP contribution in [0, 0.1) is 5.92 Å². The average Bonchev–Trinajstić information content (AvgIpc) is 2.17. The Balaban J connectivity index is 2.28. The minimum Gasteiger partial charge on any atom is -0.381 e. The molecule has 0 aliphatic carbocycles. The van der Waals surface area contributed by atoms with E-state index in [0.29, 0.717) is 6.04 Å². The van der Waals surface area contributed by atoms with Crippen molar-refractivity contribution in [2.24, 2.45) is 5.92 Å². The highest BCUT2D eigenvalue weighted by Crippen LogP contribution is 2.19. The van der Waals surface area contributed by atoms with E-state index in [0.717, 1.165) is 25.7 Å². The Morgan fingerprint density at radius 1 is 1.31 bits per heavy atom. The smallest absolute Gasteiger partial charge is 0.0509 e. The van der Waals surface area contributed by atoms with Crippen LogP contribution >= 0.6 is 0 Å². The fourth-order valence-electron chi connectivity index (χ4n) is 2.05. The first kappa shape index (κ1) is 11.0. The van der Waals surface area contributed by atoms with Crippen molar-refractivity contribution in [2.45, 2.75) is 45.6 Å². The van der Waals surface area contributed by atoms with E-state index in [4.69, 9.17) is 4.74 Å². The van der Waals surface area contributed by atoms with Crippen LogP contribution in [-0.2, 0) is 4.74 Å². The minimum atomic E-state index is 0.716. The van der Waals surface area contributed by atoms with E-state index in [9.17, 15) is 0 Å². The number of nitrogens with one attached hydrogen (secondary N) is 1.